The summed E-state index contributed by atoms with van der Waals surface area (Å²) in [5, 5.41) is -5.64. The summed E-state index contributed by atoms with van der Waals surface area (Å²) in [5.74, 6) is -14.0. The Morgan fingerprint density at radius 3 is 1.81 bits per heavy atom. The average Bonchev–Trinajstić information content (AvgIpc) is 2.80. The smallest absolute Gasteiger partial charge is 0.281 e. The van der Waals surface area contributed by atoms with Crippen LogP contribution in [0.4, 0.5) is 35.1 Å². The molecule has 0 atom stereocenters. The molecule has 2 N–H and O–H groups in total. The van der Waals surface area contributed by atoms with Crippen LogP contribution in [0.15, 0.2) is 12.7 Å². The number of aromatic amines is 1. The van der Waals surface area contributed by atoms with Crippen molar-refractivity contribution < 1.29 is 52.8 Å². The van der Waals surface area contributed by atoms with E-state index in [0.717, 1.165) is 0 Å². The molecule has 0 aliphatic heterocycles. The minimum atomic E-state index is -7.14. The lowest BCUT2D eigenvalue weighted by atomic mass is 10.1. The van der Waals surface area contributed by atoms with Crippen LogP contribution in [0.25, 0.3) is 0 Å². The van der Waals surface area contributed by atoms with Gasteiger partial charge in [0.25, 0.3) is 0 Å². The van der Waals surface area contributed by atoms with Crippen LogP contribution in [0.1, 0.15) is 0 Å². The quantitative estimate of drug-likeness (QED) is 0.471. The Bertz CT molecular complexity index is 613. The zero-order valence-electron chi connectivity index (χ0n) is 9.24. The Kier molecular flexibility index (Phi) is 3.75. The topological polar surface area (TPSA) is 86.9 Å². The number of H-pyrrole nitrogens is 1. The first-order chi connectivity index (χ1) is 9.11. The molecule has 0 saturated heterocycles. The largest absolute Gasteiger partial charge is 0.487 e. The molecular formula is C6H4F8N3O3S+. The van der Waals surface area contributed by atoms with Crippen LogP contribution in [0.2, 0.25) is 0 Å². The van der Waals surface area contributed by atoms with E-state index in [-0.39, 0.29) is 6.33 Å². The SMILES string of the molecule is O=S(=O)(O)C(F)(F)C(F)(F)C(F)(F)C(F)(F)[n+]1cnc[nH]1. The maximum atomic E-state index is 13.2. The molecule has 0 bridgehead atoms. The number of nitrogens with one attached hydrogen (secondary N) is 1. The van der Waals surface area contributed by atoms with E-state index in [1.165, 1.54) is 5.10 Å². The number of hydrogen-bond donors (Lipinski definition) is 2. The minimum absolute atomic E-state index is 0.129. The van der Waals surface area contributed by atoms with E-state index in [1.807, 2.05) is 0 Å². The van der Waals surface area contributed by atoms with Crippen molar-refractivity contribution in [1.29, 1.82) is 0 Å². The molecule has 0 aliphatic carbocycles. The summed E-state index contributed by atoms with van der Waals surface area (Å²) in [6.45, 7) is 0. The normalized spacial score (nSPS) is 15.3. The highest BCUT2D eigenvalue weighted by molar-refractivity contribution is 7.87. The van der Waals surface area contributed by atoms with Gasteiger partial charge in [0, 0.05) is 0 Å². The van der Waals surface area contributed by atoms with Gasteiger partial charge in [-0.3, -0.25) is 4.55 Å². The average molecular weight is 350 g/mol. The zero-order chi connectivity index (χ0) is 16.9. The number of hydrogen-bond acceptors (Lipinski definition) is 3. The molecule has 1 aromatic heterocycles. The summed E-state index contributed by atoms with van der Waals surface area (Å²) in [6, 6.07) is -6.01. The molecule has 0 fully saturated rings. The molecule has 0 aromatic carbocycles. The lowest BCUT2D eigenvalue weighted by Crippen LogP contribution is -2.71. The molecule has 15 heteroatoms. The van der Waals surface area contributed by atoms with Crippen LogP contribution < -0.4 is 4.68 Å². The maximum absolute atomic E-state index is 13.2. The van der Waals surface area contributed by atoms with Crippen molar-refractivity contribution in [2.24, 2.45) is 0 Å². The van der Waals surface area contributed by atoms with Crippen molar-refractivity contribution in [2.75, 3.05) is 0 Å². The highest BCUT2D eigenvalue weighted by Crippen LogP contribution is 2.53. The summed E-state index contributed by atoms with van der Waals surface area (Å²) >= 11 is 0. The number of alkyl halides is 8. The first kappa shape index (κ1) is 17.5. The summed E-state index contributed by atoms with van der Waals surface area (Å²) in [5.41, 5.74) is 0. The third-order valence-corrected chi connectivity index (χ3v) is 3.12. The third-order valence-electron chi connectivity index (χ3n) is 2.22. The summed E-state index contributed by atoms with van der Waals surface area (Å²) < 4.78 is 131. The fraction of sp³-hybridized carbons (Fsp3) is 0.667. The van der Waals surface area contributed by atoms with Gasteiger partial charge in [-0.15, -0.1) is 0 Å². The van der Waals surface area contributed by atoms with Gasteiger partial charge in [0.2, 0.25) is 6.33 Å². The van der Waals surface area contributed by atoms with Crippen molar-refractivity contribution >= 4 is 10.1 Å². The number of nitrogens with zero attached hydrogens (tertiary/aromatic N) is 2. The highest BCUT2D eigenvalue weighted by atomic mass is 32.2. The van der Waals surface area contributed by atoms with Crippen molar-refractivity contribution in [3.63, 3.8) is 0 Å². The highest BCUT2D eigenvalue weighted by Gasteiger charge is 2.87. The van der Waals surface area contributed by atoms with Gasteiger partial charge in [-0.1, -0.05) is 4.68 Å². The Morgan fingerprint density at radius 2 is 1.48 bits per heavy atom. The van der Waals surface area contributed by atoms with Crippen LogP contribution >= 0.6 is 0 Å². The lowest BCUT2D eigenvalue weighted by Gasteiger charge is -2.32. The van der Waals surface area contributed by atoms with Crippen LogP contribution in [0.3, 0.4) is 0 Å². The van der Waals surface area contributed by atoms with Gasteiger partial charge in [0.1, 0.15) is 0 Å². The molecule has 0 spiro atoms. The van der Waals surface area contributed by atoms with E-state index in [0.29, 0.717) is 6.33 Å². The molecule has 1 rings (SSSR count). The second-order valence-corrected chi connectivity index (χ2v) is 5.04. The Labute approximate surface area is 110 Å². The van der Waals surface area contributed by atoms with Gasteiger partial charge < -0.3 is 0 Å². The zero-order valence-corrected chi connectivity index (χ0v) is 10.1. The fourth-order valence-corrected chi connectivity index (χ4v) is 1.52. The molecular weight excluding hydrogens is 346 g/mol. The van der Waals surface area contributed by atoms with Gasteiger partial charge in [0.15, 0.2) is 0 Å². The van der Waals surface area contributed by atoms with E-state index < -0.39 is 37.9 Å². The summed E-state index contributed by atoms with van der Waals surface area (Å²) in [4.78, 5) is 2.79. The fourth-order valence-electron chi connectivity index (χ4n) is 1.07. The lowest BCUT2D eigenvalue weighted by molar-refractivity contribution is -0.888. The second kappa shape index (κ2) is 4.49. The Morgan fingerprint density at radius 1 is 1.00 bits per heavy atom. The number of rotatable bonds is 5. The van der Waals surface area contributed by atoms with Crippen LogP contribution in [0, 0.1) is 0 Å². The second-order valence-electron chi connectivity index (χ2n) is 3.57. The van der Waals surface area contributed by atoms with E-state index >= 15 is 0 Å². The molecule has 0 unspecified atom stereocenters. The predicted octanol–water partition coefficient (Wildman–Crippen LogP) is 0.998. The molecule has 0 aliphatic rings. The van der Waals surface area contributed by atoms with Crippen molar-refractivity contribution in [1.82, 2.24) is 10.1 Å². The summed E-state index contributed by atoms with van der Waals surface area (Å²) in [7, 11) is -7.10. The van der Waals surface area contributed by atoms with Gasteiger partial charge in [-0.25, -0.2) is 0 Å². The van der Waals surface area contributed by atoms with Gasteiger partial charge in [0.05, 0.1) is 0 Å². The predicted molar refractivity (Wildman–Crippen MR) is 45.4 cm³/mol. The maximum Gasteiger partial charge on any atom is 0.487 e. The van der Waals surface area contributed by atoms with Gasteiger partial charge in [-0.2, -0.15) is 48.6 Å². The van der Waals surface area contributed by atoms with Crippen LogP contribution in [-0.4, -0.2) is 40.2 Å². The van der Waals surface area contributed by atoms with E-state index in [2.05, 4.69) is 4.98 Å². The number of halogens is 8. The third kappa shape index (κ3) is 2.23. The molecule has 0 saturated carbocycles. The molecule has 0 radical (unpaired) electrons. The Balaban J connectivity index is 3.48. The molecule has 0 amide bonds. The first-order valence-corrected chi connectivity index (χ1v) is 5.93. The van der Waals surface area contributed by atoms with Crippen molar-refractivity contribution in [2.45, 2.75) is 23.1 Å². The van der Waals surface area contributed by atoms with E-state index in [4.69, 9.17) is 4.55 Å². The first-order valence-electron chi connectivity index (χ1n) is 4.49. The van der Waals surface area contributed by atoms with Gasteiger partial charge >= 0.3 is 39.6 Å². The summed E-state index contributed by atoms with van der Waals surface area (Å²) in [6.07, 6.45) is 0.207. The van der Waals surface area contributed by atoms with Crippen LogP contribution in [-0.2, 0) is 16.2 Å². The standard InChI is InChI=1S/C6H3F8N3O3S/c7-3(8,5(11,12)17-2-15-1-16-17)4(9,10)6(13,14)21(18,19)20/h1-2H,(H,18,19,20)/p+1. The van der Waals surface area contributed by atoms with Crippen molar-refractivity contribution in [3.05, 3.63) is 12.7 Å². The van der Waals surface area contributed by atoms with Crippen LogP contribution in [0.5, 0.6) is 0 Å². The van der Waals surface area contributed by atoms with E-state index in [9.17, 15) is 43.5 Å². The molecule has 1 heterocycles. The molecule has 21 heavy (non-hydrogen) atoms. The van der Waals surface area contributed by atoms with E-state index in [1.54, 1.807) is 0 Å². The minimum Gasteiger partial charge on any atom is -0.281 e. The monoisotopic (exact) mass is 350 g/mol. The Hall–Kier alpha value is -1.51. The molecule has 6 nitrogen and oxygen atoms in total. The molecule has 122 valence electrons. The number of aromatic nitrogens is 3. The molecule has 1 aromatic rings. The van der Waals surface area contributed by atoms with Crippen molar-refractivity contribution in [3.8, 4) is 0 Å². The van der Waals surface area contributed by atoms with Gasteiger partial charge in [-0.05, 0) is 4.98 Å².